The van der Waals surface area contributed by atoms with Crippen LogP contribution in [0.2, 0.25) is 0 Å². The van der Waals surface area contributed by atoms with Gasteiger partial charge in [-0.3, -0.25) is 4.98 Å². The van der Waals surface area contributed by atoms with Crippen molar-refractivity contribution in [3.8, 4) is 44.9 Å². The smallest absolute Gasteiger partial charge is 0.0786 e. The first kappa shape index (κ1) is 27.8. The molecular weight excluding hydrogens is 631 g/mol. The van der Waals surface area contributed by atoms with Crippen molar-refractivity contribution in [1.82, 2.24) is 14.1 Å². The first-order chi connectivity index (χ1) is 25.8. The topological polar surface area (TPSA) is 22.8 Å². The SMILES string of the molecule is c1ccc(-n2c3ccccc3c3cc(-c4ccc5c(c4)c4cc6ccccc6cc4n5-c4ccc5c6c(cccc46)-c4ncccc4-5)ccc32)cc1. The Morgan fingerprint density at radius 2 is 1.02 bits per heavy atom. The van der Waals surface area contributed by atoms with Gasteiger partial charge in [0.25, 0.3) is 0 Å². The summed E-state index contributed by atoms with van der Waals surface area (Å²) in [5, 5.41) is 10.0. The molecule has 0 amide bonds. The third-order valence-corrected chi connectivity index (χ3v) is 11.3. The minimum Gasteiger partial charge on any atom is -0.309 e. The van der Waals surface area contributed by atoms with E-state index in [2.05, 4.69) is 173 Å². The number of rotatable bonds is 3. The highest BCUT2D eigenvalue weighted by Gasteiger charge is 2.25. The van der Waals surface area contributed by atoms with Crippen molar-refractivity contribution in [2.24, 2.45) is 0 Å². The number of pyridine rings is 1. The molecular formula is C49H29N3. The molecule has 8 aromatic carbocycles. The van der Waals surface area contributed by atoms with E-state index in [1.165, 1.54) is 104 Å². The lowest BCUT2D eigenvalue weighted by Crippen LogP contribution is -1.96. The summed E-state index contributed by atoms with van der Waals surface area (Å²) in [4.78, 5) is 4.81. The van der Waals surface area contributed by atoms with Crippen molar-refractivity contribution in [3.63, 3.8) is 0 Å². The molecule has 0 spiro atoms. The van der Waals surface area contributed by atoms with Crippen LogP contribution in [0.15, 0.2) is 176 Å². The number of hydrogen-bond acceptors (Lipinski definition) is 1. The lowest BCUT2D eigenvalue weighted by Gasteiger charge is -2.14. The molecule has 0 saturated carbocycles. The summed E-state index contributed by atoms with van der Waals surface area (Å²) in [5.41, 5.74) is 14.4. The van der Waals surface area contributed by atoms with E-state index in [-0.39, 0.29) is 0 Å². The normalized spacial score (nSPS) is 12.2. The summed E-state index contributed by atoms with van der Waals surface area (Å²) < 4.78 is 4.86. The molecule has 0 bridgehead atoms. The summed E-state index contributed by atoms with van der Waals surface area (Å²) in [6, 6.07) is 62.4. The molecule has 1 aliphatic carbocycles. The first-order valence-electron chi connectivity index (χ1n) is 17.9. The quantitative estimate of drug-likeness (QED) is 0.185. The molecule has 3 aromatic heterocycles. The van der Waals surface area contributed by atoms with Gasteiger partial charge < -0.3 is 9.13 Å². The standard InChI is InChI=1S/C49H29N3/c1-2-12-34(13-3-1)51-43-18-7-6-14-35(43)40-27-32(19-22-45(40)51)33-20-23-46-41(28-33)42-26-30-10-4-5-11-31(30)29-47(42)52(46)44-24-21-36-37-17-9-25-50-49(37)39-16-8-15-38(44)48(36)39/h1-29H. The first-order valence-corrected chi connectivity index (χ1v) is 17.9. The molecule has 0 N–H and O–H groups in total. The Labute approximate surface area is 299 Å². The maximum atomic E-state index is 4.81. The lowest BCUT2D eigenvalue weighted by atomic mass is 10.00. The fourth-order valence-electron chi connectivity index (χ4n) is 9.00. The molecule has 3 nitrogen and oxygen atoms in total. The highest BCUT2D eigenvalue weighted by molar-refractivity contribution is 6.19. The van der Waals surface area contributed by atoms with Gasteiger partial charge in [0.1, 0.15) is 0 Å². The largest absolute Gasteiger partial charge is 0.309 e. The molecule has 0 saturated heterocycles. The number of fused-ring (bicyclic) bond motifs is 10. The number of aromatic nitrogens is 3. The Hall–Kier alpha value is -6.97. The summed E-state index contributed by atoms with van der Waals surface area (Å²) in [6.07, 6.45) is 1.90. The van der Waals surface area contributed by atoms with Gasteiger partial charge in [-0.25, -0.2) is 0 Å². The van der Waals surface area contributed by atoms with Crippen molar-refractivity contribution in [1.29, 1.82) is 0 Å². The zero-order chi connectivity index (χ0) is 33.9. The Balaban J connectivity index is 1.12. The summed E-state index contributed by atoms with van der Waals surface area (Å²) in [5.74, 6) is 0. The molecule has 11 aromatic rings. The van der Waals surface area contributed by atoms with Gasteiger partial charge >= 0.3 is 0 Å². The van der Waals surface area contributed by atoms with Gasteiger partial charge in [-0.05, 0) is 94.2 Å². The Bertz CT molecular complexity index is 3260. The maximum absolute atomic E-state index is 4.81. The zero-order valence-electron chi connectivity index (χ0n) is 28.1. The van der Waals surface area contributed by atoms with Crippen molar-refractivity contribution in [2.75, 3.05) is 0 Å². The van der Waals surface area contributed by atoms with Crippen LogP contribution < -0.4 is 0 Å². The van der Waals surface area contributed by atoms with Crippen LogP contribution >= 0.6 is 0 Å². The second-order valence-corrected chi connectivity index (χ2v) is 14.0. The van der Waals surface area contributed by atoms with Crippen LogP contribution in [0, 0.1) is 0 Å². The minimum atomic E-state index is 1.07. The van der Waals surface area contributed by atoms with Crippen molar-refractivity contribution < 1.29 is 0 Å². The van der Waals surface area contributed by atoms with Crippen LogP contribution in [0.25, 0.3) is 110 Å². The molecule has 0 atom stereocenters. The van der Waals surface area contributed by atoms with Crippen molar-refractivity contribution in [2.45, 2.75) is 0 Å². The third-order valence-electron chi connectivity index (χ3n) is 11.3. The molecule has 240 valence electrons. The van der Waals surface area contributed by atoms with Crippen LogP contribution in [-0.2, 0) is 0 Å². The minimum absolute atomic E-state index is 1.07. The third kappa shape index (κ3) is 3.72. The van der Waals surface area contributed by atoms with Gasteiger partial charge in [0.15, 0.2) is 0 Å². The Morgan fingerprint density at radius 3 is 1.87 bits per heavy atom. The second kappa shape index (κ2) is 10.3. The van der Waals surface area contributed by atoms with E-state index < -0.39 is 0 Å². The van der Waals surface area contributed by atoms with Gasteiger partial charge in [-0.15, -0.1) is 0 Å². The number of para-hydroxylation sites is 2. The predicted molar refractivity (Wildman–Crippen MR) is 218 cm³/mol. The number of benzene rings is 8. The van der Waals surface area contributed by atoms with E-state index in [1.807, 2.05) is 12.3 Å². The second-order valence-electron chi connectivity index (χ2n) is 14.0. The fraction of sp³-hybridized carbons (Fsp3) is 0. The van der Waals surface area contributed by atoms with Gasteiger partial charge in [0.2, 0.25) is 0 Å². The van der Waals surface area contributed by atoms with Crippen LogP contribution in [0.3, 0.4) is 0 Å². The van der Waals surface area contributed by atoms with E-state index >= 15 is 0 Å². The van der Waals surface area contributed by atoms with Crippen LogP contribution in [0.1, 0.15) is 0 Å². The zero-order valence-corrected chi connectivity index (χ0v) is 28.1. The molecule has 0 unspecified atom stereocenters. The molecule has 3 heteroatoms. The average molecular weight is 660 g/mol. The van der Waals surface area contributed by atoms with E-state index in [9.17, 15) is 0 Å². The van der Waals surface area contributed by atoms with E-state index in [1.54, 1.807) is 0 Å². The van der Waals surface area contributed by atoms with Gasteiger partial charge in [-0.1, -0.05) is 103 Å². The molecule has 1 aliphatic rings. The molecule has 0 fully saturated rings. The fourth-order valence-corrected chi connectivity index (χ4v) is 9.00. The van der Waals surface area contributed by atoms with Crippen molar-refractivity contribution in [3.05, 3.63) is 176 Å². The Kier molecular flexibility index (Phi) is 5.50. The van der Waals surface area contributed by atoms with Gasteiger partial charge in [-0.2, -0.15) is 0 Å². The summed E-state index contributed by atoms with van der Waals surface area (Å²) in [6.45, 7) is 0. The van der Waals surface area contributed by atoms with Crippen molar-refractivity contribution >= 4 is 65.2 Å². The van der Waals surface area contributed by atoms with E-state index in [4.69, 9.17) is 4.98 Å². The van der Waals surface area contributed by atoms with Gasteiger partial charge in [0, 0.05) is 55.3 Å². The van der Waals surface area contributed by atoms with Crippen LogP contribution in [0.4, 0.5) is 0 Å². The van der Waals surface area contributed by atoms with Gasteiger partial charge in [0.05, 0.1) is 33.4 Å². The van der Waals surface area contributed by atoms with E-state index in [0.717, 1.165) is 5.69 Å². The van der Waals surface area contributed by atoms with Crippen LogP contribution in [0.5, 0.6) is 0 Å². The highest BCUT2D eigenvalue weighted by atomic mass is 15.0. The lowest BCUT2D eigenvalue weighted by molar-refractivity contribution is 1.18. The predicted octanol–water partition coefficient (Wildman–Crippen LogP) is 12.9. The maximum Gasteiger partial charge on any atom is 0.0786 e. The molecule has 0 radical (unpaired) electrons. The molecule has 0 aliphatic heterocycles. The summed E-state index contributed by atoms with van der Waals surface area (Å²) >= 11 is 0. The summed E-state index contributed by atoms with van der Waals surface area (Å²) in [7, 11) is 0. The van der Waals surface area contributed by atoms with E-state index in [0.29, 0.717) is 0 Å². The average Bonchev–Trinajstić information content (AvgIpc) is 3.83. The number of hydrogen-bond donors (Lipinski definition) is 0. The number of nitrogens with zero attached hydrogens (tertiary/aromatic N) is 3. The molecule has 3 heterocycles. The Morgan fingerprint density at radius 1 is 0.365 bits per heavy atom. The molecule has 52 heavy (non-hydrogen) atoms. The van der Waals surface area contributed by atoms with Crippen LogP contribution in [-0.4, -0.2) is 14.1 Å². The highest BCUT2D eigenvalue weighted by Crippen LogP contribution is 2.48. The molecule has 12 rings (SSSR count). The monoisotopic (exact) mass is 659 g/mol.